The van der Waals surface area contributed by atoms with Crippen molar-refractivity contribution in [3.05, 3.63) is 0 Å². The second kappa shape index (κ2) is 6.22. The lowest BCUT2D eigenvalue weighted by atomic mass is 9.73. The molecule has 6 heteroatoms. The summed E-state index contributed by atoms with van der Waals surface area (Å²) in [5.74, 6) is -1.13. The van der Waals surface area contributed by atoms with Crippen molar-refractivity contribution in [3.8, 4) is 0 Å². The van der Waals surface area contributed by atoms with Crippen molar-refractivity contribution in [2.45, 2.75) is 63.1 Å². The van der Waals surface area contributed by atoms with Gasteiger partial charge in [0, 0.05) is 6.04 Å². The molecule has 120 valence electrons. The zero-order valence-corrected chi connectivity index (χ0v) is 13.0. The predicted octanol–water partition coefficient (Wildman–Crippen LogP) is 1.70. The van der Waals surface area contributed by atoms with Crippen LogP contribution in [0.5, 0.6) is 0 Å². The Morgan fingerprint density at radius 3 is 2.62 bits per heavy atom. The lowest BCUT2D eigenvalue weighted by Crippen LogP contribution is -2.64. The Kier molecular flexibility index (Phi) is 4.76. The van der Waals surface area contributed by atoms with E-state index in [2.05, 4.69) is 6.92 Å². The van der Waals surface area contributed by atoms with Crippen molar-refractivity contribution in [3.63, 3.8) is 0 Å². The van der Waals surface area contributed by atoms with E-state index in [9.17, 15) is 14.7 Å². The highest BCUT2D eigenvalue weighted by atomic mass is 16.5. The molecule has 0 spiro atoms. The molecule has 2 heterocycles. The number of carbonyl (C=O) groups excluding carboxylic acids is 2. The normalized spacial score (nSPS) is 34.7. The highest BCUT2D eigenvalue weighted by molar-refractivity contribution is 5.78. The van der Waals surface area contributed by atoms with Crippen molar-refractivity contribution in [1.82, 2.24) is 4.90 Å². The average Bonchev–Trinajstić information content (AvgIpc) is 2.76. The van der Waals surface area contributed by atoms with Gasteiger partial charge in [0.05, 0.1) is 25.9 Å². The topological polar surface area (TPSA) is 76.1 Å². The number of amides is 1. The van der Waals surface area contributed by atoms with E-state index < -0.39 is 29.6 Å². The van der Waals surface area contributed by atoms with Gasteiger partial charge in [-0.2, -0.15) is 0 Å². The predicted molar refractivity (Wildman–Crippen MR) is 75.7 cm³/mol. The van der Waals surface area contributed by atoms with E-state index in [1.54, 1.807) is 4.90 Å². The van der Waals surface area contributed by atoms with Crippen LogP contribution in [-0.2, 0) is 14.3 Å². The fourth-order valence-electron chi connectivity index (χ4n) is 4.15. The Morgan fingerprint density at radius 1 is 1.33 bits per heavy atom. The Labute approximate surface area is 125 Å². The average molecular weight is 299 g/mol. The van der Waals surface area contributed by atoms with Crippen LogP contribution in [0.3, 0.4) is 0 Å². The molecule has 0 saturated carbocycles. The van der Waals surface area contributed by atoms with Gasteiger partial charge in [-0.1, -0.05) is 19.8 Å². The first kappa shape index (κ1) is 16.1. The maximum atomic E-state index is 12.2. The molecule has 0 aromatic carbocycles. The summed E-state index contributed by atoms with van der Waals surface area (Å²) >= 11 is 0. The van der Waals surface area contributed by atoms with Gasteiger partial charge in [0.2, 0.25) is 0 Å². The van der Waals surface area contributed by atoms with Gasteiger partial charge in [-0.05, 0) is 25.7 Å². The highest BCUT2D eigenvalue weighted by Crippen LogP contribution is 2.51. The van der Waals surface area contributed by atoms with Gasteiger partial charge in [0.15, 0.2) is 0 Å². The number of aliphatic hydroxyl groups is 1. The second-order valence-corrected chi connectivity index (χ2v) is 6.04. The molecule has 0 unspecified atom stereocenters. The number of hydrogen-bond acceptors (Lipinski definition) is 5. The molecule has 2 aliphatic rings. The number of unbranched alkanes of at least 4 members (excludes halogenated alkanes) is 1. The van der Waals surface area contributed by atoms with Crippen LogP contribution in [0.2, 0.25) is 0 Å². The van der Waals surface area contributed by atoms with Gasteiger partial charge < -0.3 is 14.6 Å². The molecule has 2 aliphatic heterocycles. The minimum Gasteiger partial charge on any atom is -0.469 e. The van der Waals surface area contributed by atoms with E-state index in [1.165, 1.54) is 14.2 Å². The number of piperidine rings is 1. The highest BCUT2D eigenvalue weighted by Gasteiger charge is 2.62. The van der Waals surface area contributed by atoms with Crippen molar-refractivity contribution >= 4 is 12.1 Å². The zero-order chi connectivity index (χ0) is 15.6. The summed E-state index contributed by atoms with van der Waals surface area (Å²) in [5, 5.41) is 10.4. The van der Waals surface area contributed by atoms with E-state index in [4.69, 9.17) is 9.47 Å². The van der Waals surface area contributed by atoms with Crippen molar-refractivity contribution in [2.24, 2.45) is 5.92 Å². The fourth-order valence-corrected chi connectivity index (χ4v) is 4.15. The summed E-state index contributed by atoms with van der Waals surface area (Å²) < 4.78 is 9.83. The summed E-state index contributed by atoms with van der Waals surface area (Å²) in [4.78, 5) is 26.2. The summed E-state index contributed by atoms with van der Waals surface area (Å²) in [5.41, 5.74) is -0.668. The Morgan fingerprint density at radius 2 is 2.05 bits per heavy atom. The number of ether oxygens (including phenoxy) is 2. The number of carbonyl (C=O) groups is 2. The van der Waals surface area contributed by atoms with Crippen LogP contribution in [0.15, 0.2) is 0 Å². The molecule has 2 fully saturated rings. The van der Waals surface area contributed by atoms with Crippen LogP contribution < -0.4 is 0 Å². The maximum absolute atomic E-state index is 12.2. The van der Waals surface area contributed by atoms with Crippen LogP contribution in [0.25, 0.3) is 0 Å². The molecule has 0 aromatic heterocycles. The number of methoxy groups -OCH3 is 2. The Bertz CT molecular complexity index is 413. The number of nitrogens with zero attached hydrogens (tertiary/aromatic N) is 1. The number of rotatable bonds is 4. The molecule has 1 amide bonds. The summed E-state index contributed by atoms with van der Waals surface area (Å²) in [6, 6.07) is -0.0507. The first-order chi connectivity index (χ1) is 10.0. The van der Waals surface area contributed by atoms with Crippen molar-refractivity contribution in [1.29, 1.82) is 0 Å². The Hall–Kier alpha value is -1.30. The van der Waals surface area contributed by atoms with E-state index in [0.29, 0.717) is 19.3 Å². The third-order valence-electron chi connectivity index (χ3n) is 5.02. The standard InChI is InChI=1S/C15H25NO5/c1-4-5-7-15-8-6-10(16(15)14(19)21-3)9-11(17)12(15)13(18)20-2/h10-12,17H,4-9H2,1-3H3/t10-,11-,12+,15+/m0/s1. The van der Waals surface area contributed by atoms with Gasteiger partial charge in [-0.3, -0.25) is 9.69 Å². The fraction of sp³-hybridized carbons (Fsp3) is 0.867. The first-order valence-electron chi connectivity index (χ1n) is 7.65. The monoisotopic (exact) mass is 299 g/mol. The number of esters is 1. The van der Waals surface area contributed by atoms with E-state index in [-0.39, 0.29) is 6.04 Å². The maximum Gasteiger partial charge on any atom is 0.410 e. The molecule has 6 nitrogen and oxygen atoms in total. The molecular weight excluding hydrogens is 274 g/mol. The molecule has 2 rings (SSSR count). The van der Waals surface area contributed by atoms with Crippen LogP contribution >= 0.6 is 0 Å². The number of fused-ring (bicyclic) bond motifs is 2. The smallest absolute Gasteiger partial charge is 0.410 e. The second-order valence-electron chi connectivity index (χ2n) is 6.04. The van der Waals surface area contributed by atoms with Crippen LogP contribution in [-0.4, -0.2) is 54.0 Å². The third kappa shape index (κ3) is 2.50. The SMILES string of the molecule is CCCC[C@@]12CC[C@@H](C[C@H](O)[C@@H]1C(=O)OC)N2C(=O)OC. The van der Waals surface area contributed by atoms with Gasteiger partial charge in [-0.25, -0.2) is 4.79 Å². The minimum absolute atomic E-state index is 0.0507. The van der Waals surface area contributed by atoms with Crippen LogP contribution in [0, 0.1) is 5.92 Å². The van der Waals surface area contributed by atoms with Crippen molar-refractivity contribution < 1.29 is 24.2 Å². The van der Waals surface area contributed by atoms with Gasteiger partial charge in [0.25, 0.3) is 0 Å². The number of hydrogen-bond donors (Lipinski definition) is 1. The Balaban J connectivity index is 2.42. The minimum atomic E-state index is -0.761. The first-order valence-corrected chi connectivity index (χ1v) is 7.65. The van der Waals surface area contributed by atoms with Gasteiger partial charge >= 0.3 is 12.1 Å². The quantitative estimate of drug-likeness (QED) is 0.800. The summed E-state index contributed by atoms with van der Waals surface area (Å²) in [6.07, 6.45) is 3.28. The lowest BCUT2D eigenvalue weighted by Gasteiger charge is -2.49. The molecule has 2 bridgehead atoms. The zero-order valence-electron chi connectivity index (χ0n) is 13.0. The van der Waals surface area contributed by atoms with Crippen molar-refractivity contribution in [2.75, 3.05) is 14.2 Å². The molecular formula is C15H25NO5. The molecule has 0 aromatic rings. The van der Waals surface area contributed by atoms with Gasteiger partial charge in [0.1, 0.15) is 5.92 Å². The molecule has 21 heavy (non-hydrogen) atoms. The van der Waals surface area contributed by atoms with Crippen LogP contribution in [0.1, 0.15) is 45.4 Å². The number of aliphatic hydroxyl groups excluding tert-OH is 1. The molecule has 4 atom stereocenters. The largest absolute Gasteiger partial charge is 0.469 e. The molecule has 1 N–H and O–H groups in total. The summed E-state index contributed by atoms with van der Waals surface area (Å²) in [6.45, 7) is 2.07. The van der Waals surface area contributed by atoms with E-state index in [1.807, 2.05) is 0 Å². The summed E-state index contributed by atoms with van der Waals surface area (Å²) in [7, 11) is 2.68. The molecule has 0 radical (unpaired) electrons. The molecule has 2 saturated heterocycles. The van der Waals surface area contributed by atoms with E-state index >= 15 is 0 Å². The van der Waals surface area contributed by atoms with E-state index in [0.717, 1.165) is 19.3 Å². The van der Waals surface area contributed by atoms with Crippen LogP contribution in [0.4, 0.5) is 4.79 Å². The molecule has 0 aliphatic carbocycles. The lowest BCUT2D eigenvalue weighted by molar-refractivity contribution is -0.163. The third-order valence-corrected chi connectivity index (χ3v) is 5.02. The van der Waals surface area contributed by atoms with Gasteiger partial charge in [-0.15, -0.1) is 0 Å².